The van der Waals surface area contributed by atoms with Crippen LogP contribution in [0.4, 0.5) is 0 Å². The van der Waals surface area contributed by atoms with Crippen LogP contribution in [0, 0.1) is 5.92 Å². The second-order valence-electron chi connectivity index (χ2n) is 8.08. The zero-order valence-electron chi connectivity index (χ0n) is 18.4. The highest BCUT2D eigenvalue weighted by molar-refractivity contribution is 7.89. The number of aromatic amines is 1. The van der Waals surface area contributed by atoms with Crippen LogP contribution in [0.2, 0.25) is 0 Å². The summed E-state index contributed by atoms with van der Waals surface area (Å²) in [7, 11) is -3.70. The van der Waals surface area contributed by atoms with Gasteiger partial charge in [0.15, 0.2) is 6.29 Å². The number of fused-ring (bicyclic) bond motifs is 1. The lowest BCUT2D eigenvalue weighted by Gasteiger charge is -2.34. The molecule has 1 N–H and O–H groups in total. The number of amides is 1. The van der Waals surface area contributed by atoms with E-state index in [4.69, 9.17) is 9.47 Å². The second-order valence-corrected chi connectivity index (χ2v) is 10.0. The van der Waals surface area contributed by atoms with Crippen molar-refractivity contribution in [2.24, 2.45) is 5.92 Å². The smallest absolute Gasteiger partial charge is 0.254 e. The Kier molecular flexibility index (Phi) is 6.66. The van der Waals surface area contributed by atoms with Crippen molar-refractivity contribution in [2.45, 2.75) is 37.9 Å². The highest BCUT2D eigenvalue weighted by Crippen LogP contribution is 2.28. The maximum absolute atomic E-state index is 13.4. The van der Waals surface area contributed by atoms with Crippen LogP contribution in [0.25, 0.3) is 10.9 Å². The number of likely N-dealkylation sites (tertiary alicyclic amines) is 1. The SMILES string of the molecule is CCN(CC)S(=O)(=O)c1ccc2[nH]c(=O)cc(C(=O)N3CCC(C4OCCO4)CC3)c2c1. The summed E-state index contributed by atoms with van der Waals surface area (Å²) >= 11 is 0. The minimum absolute atomic E-state index is 0.101. The van der Waals surface area contributed by atoms with Gasteiger partial charge in [0.2, 0.25) is 15.6 Å². The van der Waals surface area contributed by atoms with Gasteiger partial charge in [0, 0.05) is 49.1 Å². The van der Waals surface area contributed by atoms with Crippen LogP contribution in [0.5, 0.6) is 0 Å². The van der Waals surface area contributed by atoms with Crippen molar-refractivity contribution in [3.05, 3.63) is 40.2 Å². The fraction of sp³-hybridized carbons (Fsp3) is 0.545. The van der Waals surface area contributed by atoms with E-state index in [2.05, 4.69) is 4.98 Å². The minimum Gasteiger partial charge on any atom is -0.350 e. The Labute approximate surface area is 187 Å². The van der Waals surface area contributed by atoms with E-state index >= 15 is 0 Å². The number of carbonyl (C=O) groups excluding carboxylic acids is 1. The molecule has 174 valence electrons. The number of ether oxygens (including phenoxy) is 2. The molecule has 0 saturated carbocycles. The van der Waals surface area contributed by atoms with Crippen molar-refractivity contribution >= 4 is 26.8 Å². The summed E-state index contributed by atoms with van der Waals surface area (Å²) < 4.78 is 38.5. The normalized spacial score (nSPS) is 18.7. The number of carbonyl (C=O) groups is 1. The largest absolute Gasteiger partial charge is 0.350 e. The van der Waals surface area contributed by atoms with Crippen LogP contribution < -0.4 is 5.56 Å². The molecular formula is C22H29N3O6S. The Morgan fingerprint density at radius 3 is 2.41 bits per heavy atom. The molecule has 0 atom stereocenters. The van der Waals surface area contributed by atoms with Crippen molar-refractivity contribution in [1.29, 1.82) is 0 Å². The van der Waals surface area contributed by atoms with E-state index in [0.29, 0.717) is 50.3 Å². The third-order valence-electron chi connectivity index (χ3n) is 6.25. The monoisotopic (exact) mass is 463 g/mol. The van der Waals surface area contributed by atoms with Crippen LogP contribution in [0.1, 0.15) is 37.0 Å². The first-order valence-corrected chi connectivity index (χ1v) is 12.5. The van der Waals surface area contributed by atoms with Gasteiger partial charge < -0.3 is 19.4 Å². The Morgan fingerprint density at radius 2 is 1.78 bits per heavy atom. The van der Waals surface area contributed by atoms with Crippen molar-refractivity contribution in [3.8, 4) is 0 Å². The summed E-state index contributed by atoms with van der Waals surface area (Å²) in [5, 5.41) is 0.424. The summed E-state index contributed by atoms with van der Waals surface area (Å²) in [6.45, 7) is 6.49. The van der Waals surface area contributed by atoms with Gasteiger partial charge in [-0.1, -0.05) is 13.8 Å². The van der Waals surface area contributed by atoms with E-state index in [1.54, 1.807) is 24.8 Å². The average Bonchev–Trinajstić information content (AvgIpc) is 3.33. The first-order chi connectivity index (χ1) is 15.3. The van der Waals surface area contributed by atoms with Gasteiger partial charge in [-0.3, -0.25) is 9.59 Å². The number of H-pyrrole nitrogens is 1. The molecule has 9 nitrogen and oxygen atoms in total. The summed E-state index contributed by atoms with van der Waals surface area (Å²) in [4.78, 5) is 30.1. The van der Waals surface area contributed by atoms with Gasteiger partial charge in [-0.2, -0.15) is 4.31 Å². The standard InChI is InChI=1S/C22H29N3O6S/c1-3-25(4-2)32(28,29)16-5-6-19-17(13-16)18(14-20(26)23-19)21(27)24-9-7-15(8-10-24)22-30-11-12-31-22/h5-6,13-15,22H,3-4,7-12H2,1-2H3,(H,23,26). The third-order valence-corrected chi connectivity index (χ3v) is 8.29. The van der Waals surface area contributed by atoms with Crippen LogP contribution in [-0.2, 0) is 19.5 Å². The lowest BCUT2D eigenvalue weighted by atomic mass is 9.95. The maximum Gasteiger partial charge on any atom is 0.254 e. The van der Waals surface area contributed by atoms with Crippen LogP contribution in [0.3, 0.4) is 0 Å². The molecular weight excluding hydrogens is 434 g/mol. The minimum atomic E-state index is -3.70. The van der Waals surface area contributed by atoms with E-state index in [1.807, 2.05) is 0 Å². The topological polar surface area (TPSA) is 109 Å². The second kappa shape index (κ2) is 9.30. The molecule has 2 aliphatic heterocycles. The van der Waals surface area contributed by atoms with Gasteiger partial charge in [-0.25, -0.2) is 8.42 Å². The van der Waals surface area contributed by atoms with Crippen molar-refractivity contribution in [3.63, 3.8) is 0 Å². The number of sulfonamides is 1. The van der Waals surface area contributed by atoms with Crippen molar-refractivity contribution < 1.29 is 22.7 Å². The molecule has 0 spiro atoms. The number of nitrogens with zero attached hydrogens (tertiary/aromatic N) is 2. The summed E-state index contributed by atoms with van der Waals surface area (Å²) in [5.41, 5.74) is 0.247. The third kappa shape index (κ3) is 4.32. The van der Waals surface area contributed by atoms with Gasteiger partial charge in [0.25, 0.3) is 5.91 Å². The number of benzene rings is 1. The van der Waals surface area contributed by atoms with E-state index in [-0.39, 0.29) is 28.6 Å². The molecule has 0 unspecified atom stereocenters. The van der Waals surface area contributed by atoms with Crippen molar-refractivity contribution in [2.75, 3.05) is 39.4 Å². The zero-order valence-corrected chi connectivity index (χ0v) is 19.2. The molecule has 3 heterocycles. The van der Waals surface area contributed by atoms with Gasteiger partial charge in [0.1, 0.15) is 0 Å². The Bertz CT molecular complexity index is 1140. The molecule has 0 radical (unpaired) electrons. The molecule has 1 aromatic carbocycles. The van der Waals surface area contributed by atoms with E-state index in [9.17, 15) is 18.0 Å². The molecule has 2 fully saturated rings. The Balaban J connectivity index is 1.64. The molecule has 0 bridgehead atoms. The van der Waals surface area contributed by atoms with Crippen molar-refractivity contribution in [1.82, 2.24) is 14.2 Å². The molecule has 2 aliphatic rings. The lowest BCUT2D eigenvalue weighted by Crippen LogP contribution is -2.41. The molecule has 1 aromatic heterocycles. The Hall–Kier alpha value is -2.27. The number of rotatable bonds is 6. The fourth-order valence-electron chi connectivity index (χ4n) is 4.48. The molecule has 4 rings (SSSR count). The van der Waals surface area contributed by atoms with Crippen LogP contribution >= 0.6 is 0 Å². The summed E-state index contributed by atoms with van der Waals surface area (Å²) in [5.74, 6) is -0.0338. The molecule has 10 heteroatoms. The number of pyridine rings is 1. The quantitative estimate of drug-likeness (QED) is 0.700. The average molecular weight is 464 g/mol. The fourth-order valence-corrected chi connectivity index (χ4v) is 5.96. The number of hydrogen-bond acceptors (Lipinski definition) is 6. The molecule has 2 aromatic rings. The van der Waals surface area contributed by atoms with Gasteiger partial charge >= 0.3 is 0 Å². The number of nitrogens with one attached hydrogen (secondary N) is 1. The molecule has 2 saturated heterocycles. The molecule has 32 heavy (non-hydrogen) atoms. The first kappa shape index (κ1) is 22.9. The summed E-state index contributed by atoms with van der Waals surface area (Å²) in [6.07, 6.45) is 1.29. The van der Waals surface area contributed by atoms with Crippen LogP contribution in [-0.4, -0.2) is 74.2 Å². The highest BCUT2D eigenvalue weighted by atomic mass is 32.2. The Morgan fingerprint density at radius 1 is 1.12 bits per heavy atom. The summed E-state index contributed by atoms with van der Waals surface area (Å²) in [6, 6.07) is 5.76. The van der Waals surface area contributed by atoms with Gasteiger partial charge in [-0.05, 0) is 31.0 Å². The van der Waals surface area contributed by atoms with E-state index < -0.39 is 15.6 Å². The van der Waals surface area contributed by atoms with E-state index in [0.717, 1.165) is 12.8 Å². The lowest BCUT2D eigenvalue weighted by molar-refractivity contribution is -0.0956. The number of aromatic nitrogens is 1. The molecule has 0 aliphatic carbocycles. The molecule has 1 amide bonds. The maximum atomic E-state index is 13.4. The number of hydrogen-bond donors (Lipinski definition) is 1. The predicted octanol–water partition coefficient (Wildman–Crippen LogP) is 1.78. The van der Waals surface area contributed by atoms with Crippen LogP contribution in [0.15, 0.2) is 34.0 Å². The highest BCUT2D eigenvalue weighted by Gasteiger charge is 2.32. The first-order valence-electron chi connectivity index (χ1n) is 11.0. The predicted molar refractivity (Wildman–Crippen MR) is 119 cm³/mol. The zero-order chi connectivity index (χ0) is 22.9. The van der Waals surface area contributed by atoms with Gasteiger partial charge in [0.05, 0.1) is 23.7 Å². The van der Waals surface area contributed by atoms with E-state index in [1.165, 1.54) is 22.5 Å². The number of piperidine rings is 1. The van der Waals surface area contributed by atoms with Gasteiger partial charge in [-0.15, -0.1) is 0 Å².